The number of cyclic esters (lactones) is 1. The van der Waals surface area contributed by atoms with Gasteiger partial charge in [-0.3, -0.25) is 14.9 Å². The zero-order valence-electron chi connectivity index (χ0n) is 8.81. The Balaban J connectivity index is 2.40. The molecule has 0 bridgehead atoms. The minimum Gasteiger partial charge on any atom is -0.466 e. The van der Waals surface area contributed by atoms with E-state index in [0.29, 0.717) is 32.3 Å². The predicted octanol–water partition coefficient (Wildman–Crippen LogP) is 1.92. The Kier molecular flexibility index (Phi) is 5.07. The second-order valence-electron chi connectivity index (χ2n) is 3.90. The van der Waals surface area contributed by atoms with Crippen molar-refractivity contribution in [2.45, 2.75) is 51.0 Å². The Morgan fingerprint density at radius 3 is 2.67 bits per heavy atom. The summed E-state index contributed by atoms with van der Waals surface area (Å²) in [4.78, 5) is 21.5. The Labute approximate surface area is 88.9 Å². The highest BCUT2D eigenvalue weighted by Crippen LogP contribution is 2.14. The molecule has 0 aromatic carbocycles. The van der Waals surface area contributed by atoms with Gasteiger partial charge in [-0.25, -0.2) is 0 Å². The van der Waals surface area contributed by atoms with Crippen LogP contribution in [0.1, 0.15) is 44.9 Å². The Bertz CT molecular complexity index is 229. The maximum Gasteiger partial charge on any atom is 0.305 e. The molecule has 1 aliphatic rings. The lowest BCUT2D eigenvalue weighted by Crippen LogP contribution is -2.19. The van der Waals surface area contributed by atoms with E-state index in [2.05, 4.69) is 0 Å². The molecule has 0 radical (unpaired) electrons. The van der Waals surface area contributed by atoms with Crippen LogP contribution in [0.3, 0.4) is 0 Å². The molecule has 1 rings (SSSR count). The third-order valence-corrected chi connectivity index (χ3v) is 2.66. The van der Waals surface area contributed by atoms with Crippen LogP contribution in [0.15, 0.2) is 0 Å². The fourth-order valence-electron chi connectivity index (χ4n) is 1.76. The van der Waals surface area contributed by atoms with Crippen LogP contribution in [-0.4, -0.2) is 23.5 Å². The SMILES string of the molecule is O=C1CCCCCC([N+](=O)[O-])CCCO1. The Hall–Kier alpha value is -1.13. The lowest BCUT2D eigenvalue weighted by Gasteiger charge is -2.07. The molecule has 5 heteroatoms. The predicted molar refractivity (Wildman–Crippen MR) is 54.1 cm³/mol. The molecule has 0 spiro atoms. The van der Waals surface area contributed by atoms with Crippen molar-refractivity contribution in [1.29, 1.82) is 0 Å². The van der Waals surface area contributed by atoms with Gasteiger partial charge >= 0.3 is 5.97 Å². The molecule has 0 amide bonds. The van der Waals surface area contributed by atoms with Crippen LogP contribution in [-0.2, 0) is 9.53 Å². The molecule has 1 fully saturated rings. The number of nitrogens with zero attached hydrogens (tertiary/aromatic N) is 1. The van der Waals surface area contributed by atoms with Crippen LogP contribution < -0.4 is 0 Å². The number of hydrogen-bond donors (Lipinski definition) is 0. The maximum absolute atomic E-state index is 11.1. The van der Waals surface area contributed by atoms with Crippen molar-refractivity contribution in [2.24, 2.45) is 0 Å². The minimum absolute atomic E-state index is 0.172. The van der Waals surface area contributed by atoms with Crippen molar-refractivity contribution in [2.75, 3.05) is 6.61 Å². The van der Waals surface area contributed by atoms with Crippen molar-refractivity contribution < 1.29 is 14.5 Å². The number of nitro groups is 1. The molecule has 0 aromatic rings. The van der Waals surface area contributed by atoms with Gasteiger partial charge in [0.2, 0.25) is 6.04 Å². The van der Waals surface area contributed by atoms with Crippen molar-refractivity contribution in [3.05, 3.63) is 10.1 Å². The molecule has 1 aliphatic heterocycles. The van der Waals surface area contributed by atoms with E-state index in [4.69, 9.17) is 4.74 Å². The van der Waals surface area contributed by atoms with Gasteiger partial charge in [0.1, 0.15) is 0 Å². The Morgan fingerprint density at radius 1 is 1.20 bits per heavy atom. The van der Waals surface area contributed by atoms with Gasteiger partial charge in [-0.05, 0) is 19.3 Å². The van der Waals surface area contributed by atoms with Crippen molar-refractivity contribution in [3.8, 4) is 0 Å². The van der Waals surface area contributed by atoms with Gasteiger partial charge in [-0.15, -0.1) is 0 Å². The van der Waals surface area contributed by atoms with Crippen molar-refractivity contribution in [3.63, 3.8) is 0 Å². The summed E-state index contributed by atoms with van der Waals surface area (Å²) in [6.45, 7) is 0.323. The molecule has 15 heavy (non-hydrogen) atoms. The highest BCUT2D eigenvalue weighted by molar-refractivity contribution is 5.69. The highest BCUT2D eigenvalue weighted by atomic mass is 16.6. The molecule has 1 saturated heterocycles. The number of carbonyl (C=O) groups is 1. The van der Waals surface area contributed by atoms with Crippen LogP contribution in [0.25, 0.3) is 0 Å². The first-order chi connectivity index (χ1) is 7.20. The monoisotopic (exact) mass is 215 g/mol. The second kappa shape index (κ2) is 6.37. The van der Waals surface area contributed by atoms with E-state index in [1.807, 2.05) is 0 Å². The number of ether oxygens (including phenoxy) is 1. The first-order valence-corrected chi connectivity index (χ1v) is 5.49. The van der Waals surface area contributed by atoms with Crippen LogP contribution in [0.5, 0.6) is 0 Å². The standard InChI is InChI=1S/C10H17NO4/c12-10-7-3-1-2-5-9(11(13)14)6-4-8-15-10/h9H,1-8H2. The highest BCUT2D eigenvalue weighted by Gasteiger charge is 2.19. The molecular weight excluding hydrogens is 198 g/mol. The van der Waals surface area contributed by atoms with E-state index in [1.165, 1.54) is 0 Å². The first kappa shape index (κ1) is 11.9. The van der Waals surface area contributed by atoms with Crippen LogP contribution in [0.4, 0.5) is 0 Å². The van der Waals surface area contributed by atoms with E-state index in [0.717, 1.165) is 19.3 Å². The van der Waals surface area contributed by atoms with Gasteiger partial charge in [-0.1, -0.05) is 6.42 Å². The number of rotatable bonds is 1. The fraction of sp³-hybridized carbons (Fsp3) is 0.900. The van der Waals surface area contributed by atoms with E-state index in [9.17, 15) is 14.9 Å². The van der Waals surface area contributed by atoms with Gasteiger partial charge in [0.25, 0.3) is 0 Å². The topological polar surface area (TPSA) is 69.4 Å². The number of esters is 1. The number of carbonyl (C=O) groups excluding carboxylic acids is 1. The first-order valence-electron chi connectivity index (χ1n) is 5.49. The van der Waals surface area contributed by atoms with Crippen LogP contribution in [0, 0.1) is 10.1 Å². The van der Waals surface area contributed by atoms with E-state index < -0.39 is 6.04 Å². The van der Waals surface area contributed by atoms with Crippen molar-refractivity contribution in [1.82, 2.24) is 0 Å². The average molecular weight is 215 g/mol. The second-order valence-corrected chi connectivity index (χ2v) is 3.90. The van der Waals surface area contributed by atoms with Gasteiger partial charge in [0.05, 0.1) is 6.61 Å². The summed E-state index contributed by atoms with van der Waals surface area (Å²) >= 11 is 0. The summed E-state index contributed by atoms with van der Waals surface area (Å²) in [5.41, 5.74) is 0. The zero-order valence-corrected chi connectivity index (χ0v) is 8.81. The Morgan fingerprint density at radius 2 is 1.93 bits per heavy atom. The smallest absolute Gasteiger partial charge is 0.305 e. The molecule has 86 valence electrons. The molecule has 5 nitrogen and oxygen atoms in total. The third-order valence-electron chi connectivity index (χ3n) is 2.66. The molecule has 1 heterocycles. The summed E-state index contributed by atoms with van der Waals surface area (Å²) in [6.07, 6.45) is 4.67. The lowest BCUT2D eigenvalue weighted by molar-refractivity contribution is -0.524. The van der Waals surface area contributed by atoms with E-state index >= 15 is 0 Å². The molecule has 1 unspecified atom stereocenters. The summed E-state index contributed by atoms with van der Waals surface area (Å²) in [5, 5.41) is 10.7. The average Bonchev–Trinajstić information content (AvgIpc) is 2.23. The largest absolute Gasteiger partial charge is 0.466 e. The minimum atomic E-state index is -0.457. The summed E-state index contributed by atoms with van der Waals surface area (Å²) < 4.78 is 4.94. The molecule has 0 aromatic heterocycles. The van der Waals surface area contributed by atoms with Crippen LogP contribution >= 0.6 is 0 Å². The lowest BCUT2D eigenvalue weighted by atomic mass is 10.0. The van der Waals surface area contributed by atoms with Crippen molar-refractivity contribution >= 4 is 5.97 Å². The van der Waals surface area contributed by atoms with E-state index in [-0.39, 0.29) is 10.9 Å². The van der Waals surface area contributed by atoms with Crippen LogP contribution in [0.2, 0.25) is 0 Å². The molecule has 0 aliphatic carbocycles. The normalized spacial score (nSPS) is 25.1. The van der Waals surface area contributed by atoms with Gasteiger partial charge < -0.3 is 4.74 Å². The molecule has 0 N–H and O–H groups in total. The summed E-state index contributed by atoms with van der Waals surface area (Å²) in [6, 6.07) is -0.457. The maximum atomic E-state index is 11.1. The quantitative estimate of drug-likeness (QED) is 0.380. The van der Waals surface area contributed by atoms with Gasteiger partial charge in [0.15, 0.2) is 0 Å². The molecule has 0 saturated carbocycles. The zero-order chi connectivity index (χ0) is 11.1. The van der Waals surface area contributed by atoms with Gasteiger partial charge in [0, 0.05) is 24.2 Å². The third kappa shape index (κ3) is 4.76. The number of hydrogen-bond acceptors (Lipinski definition) is 4. The molecular formula is C10H17NO4. The summed E-state index contributed by atoms with van der Waals surface area (Å²) in [7, 11) is 0. The van der Waals surface area contributed by atoms with E-state index in [1.54, 1.807) is 0 Å². The molecule has 1 atom stereocenters. The summed E-state index contributed by atoms with van der Waals surface area (Å²) in [5.74, 6) is -0.172. The van der Waals surface area contributed by atoms with Gasteiger partial charge in [-0.2, -0.15) is 0 Å². The fourth-order valence-corrected chi connectivity index (χ4v) is 1.76.